The molecule has 0 aliphatic heterocycles. The molecule has 1 aromatic carbocycles. The van der Waals surface area contributed by atoms with Crippen LogP contribution in [0.15, 0.2) is 29.1 Å². The molecule has 0 bridgehead atoms. The summed E-state index contributed by atoms with van der Waals surface area (Å²) in [5.41, 5.74) is 2.99. The molecular formula is C20H20N2O3S. The summed E-state index contributed by atoms with van der Waals surface area (Å²) >= 11 is 1.62. The van der Waals surface area contributed by atoms with Gasteiger partial charge in [0, 0.05) is 17.0 Å². The fourth-order valence-corrected chi connectivity index (χ4v) is 4.83. The summed E-state index contributed by atoms with van der Waals surface area (Å²) in [6, 6.07) is 7.83. The molecule has 0 atom stereocenters. The number of hydrogen-bond acceptors (Lipinski definition) is 4. The highest BCUT2D eigenvalue weighted by Crippen LogP contribution is 2.34. The van der Waals surface area contributed by atoms with Crippen molar-refractivity contribution in [1.29, 1.82) is 0 Å². The number of aryl methyl sites for hydroxylation is 3. The van der Waals surface area contributed by atoms with Crippen LogP contribution >= 0.6 is 11.3 Å². The van der Waals surface area contributed by atoms with Crippen molar-refractivity contribution in [3.8, 4) is 11.4 Å². The van der Waals surface area contributed by atoms with Crippen LogP contribution in [0.1, 0.15) is 35.3 Å². The van der Waals surface area contributed by atoms with Crippen molar-refractivity contribution >= 4 is 27.5 Å². The van der Waals surface area contributed by atoms with Crippen LogP contribution in [-0.2, 0) is 24.2 Å². The Hall–Kier alpha value is -2.47. The van der Waals surface area contributed by atoms with Gasteiger partial charge in [-0.05, 0) is 38.2 Å². The molecule has 2 aromatic heterocycles. The maximum Gasteiger partial charge on any atom is 0.305 e. The Balaban J connectivity index is 1.96. The number of hydrogen-bond donors (Lipinski definition) is 1. The number of carboxylic acid groups (broad SMARTS) is 1. The van der Waals surface area contributed by atoms with Crippen LogP contribution in [0.5, 0.6) is 0 Å². The van der Waals surface area contributed by atoms with E-state index in [2.05, 4.69) is 0 Å². The van der Waals surface area contributed by atoms with Gasteiger partial charge in [-0.15, -0.1) is 11.3 Å². The lowest BCUT2D eigenvalue weighted by Crippen LogP contribution is -2.25. The summed E-state index contributed by atoms with van der Waals surface area (Å²) in [6.45, 7) is 2.14. The van der Waals surface area contributed by atoms with E-state index in [1.807, 2.05) is 31.2 Å². The van der Waals surface area contributed by atoms with Gasteiger partial charge in [0.25, 0.3) is 5.56 Å². The smallest absolute Gasteiger partial charge is 0.305 e. The Bertz CT molecular complexity index is 1050. The zero-order valence-corrected chi connectivity index (χ0v) is 15.4. The largest absolute Gasteiger partial charge is 0.481 e. The fourth-order valence-electron chi connectivity index (χ4n) is 3.58. The molecule has 0 saturated carbocycles. The fraction of sp³-hybridized carbons (Fsp3) is 0.350. The molecule has 6 heteroatoms. The third kappa shape index (κ3) is 2.94. The maximum absolute atomic E-state index is 13.3. The first-order valence-electron chi connectivity index (χ1n) is 8.88. The highest BCUT2D eigenvalue weighted by atomic mass is 32.1. The molecule has 1 aliphatic carbocycles. The van der Waals surface area contributed by atoms with Gasteiger partial charge < -0.3 is 5.11 Å². The van der Waals surface area contributed by atoms with Gasteiger partial charge in [0.1, 0.15) is 10.7 Å². The van der Waals surface area contributed by atoms with Crippen LogP contribution in [0.3, 0.4) is 0 Å². The zero-order valence-electron chi connectivity index (χ0n) is 14.6. The molecule has 0 unspecified atom stereocenters. The average molecular weight is 368 g/mol. The van der Waals surface area contributed by atoms with Crippen LogP contribution in [0.2, 0.25) is 0 Å². The summed E-state index contributed by atoms with van der Waals surface area (Å²) in [5, 5.41) is 9.80. The summed E-state index contributed by atoms with van der Waals surface area (Å²) in [4.78, 5) is 31.2. The van der Waals surface area contributed by atoms with E-state index in [1.165, 1.54) is 4.88 Å². The first-order valence-corrected chi connectivity index (χ1v) is 9.70. The number of rotatable bonds is 4. The summed E-state index contributed by atoms with van der Waals surface area (Å²) in [6.07, 6.45) is 4.06. The molecule has 26 heavy (non-hydrogen) atoms. The number of carboxylic acids is 1. The lowest BCUT2D eigenvalue weighted by molar-refractivity contribution is -0.137. The average Bonchev–Trinajstić information content (AvgIpc) is 3.00. The second-order valence-corrected chi connectivity index (χ2v) is 7.88. The van der Waals surface area contributed by atoms with Gasteiger partial charge in [-0.1, -0.05) is 29.8 Å². The van der Waals surface area contributed by atoms with Crippen molar-refractivity contribution in [3.63, 3.8) is 0 Å². The molecule has 0 amide bonds. The zero-order chi connectivity index (χ0) is 18.3. The van der Waals surface area contributed by atoms with E-state index in [0.717, 1.165) is 47.2 Å². The van der Waals surface area contributed by atoms with Crippen molar-refractivity contribution < 1.29 is 9.90 Å². The Morgan fingerprint density at radius 2 is 1.96 bits per heavy atom. The van der Waals surface area contributed by atoms with E-state index in [0.29, 0.717) is 11.2 Å². The molecule has 1 N–H and O–H groups in total. The monoisotopic (exact) mass is 368 g/mol. The molecule has 0 spiro atoms. The molecular weight excluding hydrogens is 348 g/mol. The van der Waals surface area contributed by atoms with E-state index in [1.54, 1.807) is 15.9 Å². The first-order chi connectivity index (χ1) is 12.5. The van der Waals surface area contributed by atoms with E-state index in [-0.39, 0.29) is 18.5 Å². The van der Waals surface area contributed by atoms with Gasteiger partial charge in [0.15, 0.2) is 0 Å². The number of carbonyl (C=O) groups is 1. The van der Waals surface area contributed by atoms with Crippen LogP contribution in [0, 0.1) is 6.92 Å². The summed E-state index contributed by atoms with van der Waals surface area (Å²) < 4.78 is 1.54. The highest BCUT2D eigenvalue weighted by Gasteiger charge is 2.22. The van der Waals surface area contributed by atoms with Gasteiger partial charge >= 0.3 is 5.97 Å². The Morgan fingerprint density at radius 3 is 2.69 bits per heavy atom. The Morgan fingerprint density at radius 1 is 1.23 bits per heavy atom. The van der Waals surface area contributed by atoms with Gasteiger partial charge in [-0.2, -0.15) is 0 Å². The molecule has 5 nitrogen and oxygen atoms in total. The molecule has 4 rings (SSSR count). The second kappa shape index (κ2) is 6.68. The first kappa shape index (κ1) is 17.0. The molecule has 2 heterocycles. The van der Waals surface area contributed by atoms with Gasteiger partial charge in [-0.25, -0.2) is 4.98 Å². The minimum Gasteiger partial charge on any atom is -0.481 e. The van der Waals surface area contributed by atoms with Crippen LogP contribution in [0.25, 0.3) is 21.6 Å². The molecule has 3 aromatic rings. The van der Waals surface area contributed by atoms with Crippen LogP contribution in [-0.4, -0.2) is 20.6 Å². The number of benzene rings is 1. The Labute approximate surface area is 154 Å². The molecule has 134 valence electrons. The SMILES string of the molecule is Cc1ccc(-c2nc3sc4c(c3c(=O)n2CCC(=O)O)CCCC4)cc1. The lowest BCUT2D eigenvalue weighted by Gasteiger charge is -2.13. The quantitative estimate of drug-likeness (QED) is 0.760. The maximum atomic E-state index is 13.3. The second-order valence-electron chi connectivity index (χ2n) is 6.79. The topological polar surface area (TPSA) is 72.2 Å². The number of nitrogens with zero attached hydrogens (tertiary/aromatic N) is 2. The number of aromatic nitrogens is 2. The lowest BCUT2D eigenvalue weighted by atomic mass is 9.97. The van der Waals surface area contributed by atoms with E-state index >= 15 is 0 Å². The predicted molar refractivity (Wildman–Crippen MR) is 103 cm³/mol. The van der Waals surface area contributed by atoms with E-state index < -0.39 is 5.97 Å². The van der Waals surface area contributed by atoms with Crippen molar-refractivity contribution in [2.24, 2.45) is 0 Å². The van der Waals surface area contributed by atoms with Crippen LogP contribution in [0.4, 0.5) is 0 Å². The minimum absolute atomic E-state index is 0.0989. The van der Waals surface area contributed by atoms with Gasteiger partial charge in [0.2, 0.25) is 0 Å². The van der Waals surface area contributed by atoms with Crippen LogP contribution < -0.4 is 5.56 Å². The summed E-state index contributed by atoms with van der Waals surface area (Å²) in [7, 11) is 0. The van der Waals surface area contributed by atoms with Crippen molar-refractivity contribution in [1.82, 2.24) is 9.55 Å². The highest BCUT2D eigenvalue weighted by molar-refractivity contribution is 7.18. The van der Waals surface area contributed by atoms with Crippen molar-refractivity contribution in [3.05, 3.63) is 50.6 Å². The number of aliphatic carboxylic acids is 1. The molecule has 0 radical (unpaired) electrons. The van der Waals surface area contributed by atoms with Crippen molar-refractivity contribution in [2.75, 3.05) is 0 Å². The molecule has 0 saturated heterocycles. The molecule has 0 fully saturated rings. The third-order valence-electron chi connectivity index (χ3n) is 4.93. The minimum atomic E-state index is -0.917. The normalized spacial score (nSPS) is 13.7. The third-order valence-corrected chi connectivity index (χ3v) is 6.12. The summed E-state index contributed by atoms with van der Waals surface area (Å²) in [5.74, 6) is -0.360. The van der Waals surface area contributed by atoms with E-state index in [4.69, 9.17) is 10.1 Å². The van der Waals surface area contributed by atoms with Crippen molar-refractivity contribution in [2.45, 2.75) is 45.6 Å². The van der Waals surface area contributed by atoms with Gasteiger partial charge in [0.05, 0.1) is 11.8 Å². The number of fused-ring (bicyclic) bond motifs is 3. The standard InChI is InChI=1S/C20H20N2O3S/c1-12-6-8-13(9-7-12)18-21-19-17(14-4-2-3-5-15(14)26-19)20(25)22(18)11-10-16(23)24/h6-9H,2-5,10-11H2,1H3,(H,23,24). The van der Waals surface area contributed by atoms with Gasteiger partial charge in [-0.3, -0.25) is 14.2 Å². The number of thiophene rings is 1. The Kier molecular flexibility index (Phi) is 4.36. The predicted octanol–water partition coefficient (Wildman–Crippen LogP) is 3.79. The van der Waals surface area contributed by atoms with E-state index in [9.17, 15) is 9.59 Å². The molecule has 1 aliphatic rings.